The van der Waals surface area contributed by atoms with E-state index in [9.17, 15) is 20.1 Å². The third-order valence-corrected chi connectivity index (χ3v) is 16.2. The molecule has 11 heteroatoms. The van der Waals surface area contributed by atoms with Crippen LogP contribution in [0.4, 0.5) is 0 Å². The summed E-state index contributed by atoms with van der Waals surface area (Å²) in [5, 5.41) is 32.0. The molecule has 3 aliphatic carbocycles. The minimum atomic E-state index is -1.32. The van der Waals surface area contributed by atoms with Gasteiger partial charge in [0.1, 0.15) is 11.3 Å². The molecular formula is C60H64O11. The number of hydrogen-bond donors (Lipinski definition) is 3. The second-order valence-electron chi connectivity index (χ2n) is 20.4. The Bertz CT molecular complexity index is 2910. The Labute approximate surface area is 414 Å². The Kier molecular flexibility index (Phi) is 14.3. The molecule has 370 valence electrons. The first-order chi connectivity index (χ1) is 34.6. The van der Waals surface area contributed by atoms with E-state index in [0.29, 0.717) is 47.1 Å². The van der Waals surface area contributed by atoms with Gasteiger partial charge in [-0.2, -0.15) is 0 Å². The fourth-order valence-corrected chi connectivity index (χ4v) is 12.7. The van der Waals surface area contributed by atoms with Crippen LogP contribution in [0.15, 0.2) is 136 Å². The van der Waals surface area contributed by atoms with Crippen molar-refractivity contribution in [2.45, 2.75) is 113 Å². The number of rotatable bonds is 10. The van der Waals surface area contributed by atoms with E-state index in [2.05, 4.69) is 97.1 Å². The highest BCUT2D eigenvalue weighted by Crippen LogP contribution is 2.57. The summed E-state index contributed by atoms with van der Waals surface area (Å²) in [5.74, 6) is -1.71. The lowest BCUT2D eigenvalue weighted by atomic mass is 9.67. The van der Waals surface area contributed by atoms with Crippen LogP contribution >= 0.6 is 0 Å². The van der Waals surface area contributed by atoms with Gasteiger partial charge in [-0.15, -0.1) is 0 Å². The lowest BCUT2D eigenvalue weighted by Crippen LogP contribution is -2.61. The molecule has 4 aromatic carbocycles. The minimum Gasteiger partial charge on any atom is -0.482 e. The maximum atomic E-state index is 15.3. The van der Waals surface area contributed by atoms with Crippen molar-refractivity contribution in [3.05, 3.63) is 181 Å². The molecule has 9 atom stereocenters. The number of ether oxygens (including phenoxy) is 4. The van der Waals surface area contributed by atoms with Crippen molar-refractivity contribution in [3.63, 3.8) is 0 Å². The van der Waals surface area contributed by atoms with Gasteiger partial charge in [-0.25, -0.2) is 9.59 Å². The Morgan fingerprint density at radius 2 is 1.68 bits per heavy atom. The quantitative estimate of drug-likeness (QED) is 0.0529. The summed E-state index contributed by atoms with van der Waals surface area (Å²) in [6.07, 6.45) is 11.7. The second-order valence-corrected chi connectivity index (χ2v) is 20.4. The minimum absolute atomic E-state index is 0.0239. The van der Waals surface area contributed by atoms with Gasteiger partial charge in [0.15, 0.2) is 17.8 Å². The first-order valence-corrected chi connectivity index (χ1v) is 25.4. The Morgan fingerprint density at radius 1 is 0.859 bits per heavy atom. The number of benzene rings is 4. The van der Waals surface area contributed by atoms with Crippen molar-refractivity contribution in [2.24, 2.45) is 17.8 Å². The van der Waals surface area contributed by atoms with Crippen molar-refractivity contribution in [1.29, 1.82) is 0 Å². The zero-order chi connectivity index (χ0) is 49.2. The third-order valence-electron chi connectivity index (χ3n) is 16.2. The maximum Gasteiger partial charge on any atom is 0.340 e. The van der Waals surface area contributed by atoms with Gasteiger partial charge >= 0.3 is 17.6 Å². The molecule has 2 bridgehead atoms. The first kappa shape index (κ1) is 48.5. The Hall–Kier alpha value is -6.11. The van der Waals surface area contributed by atoms with Gasteiger partial charge in [-0.05, 0) is 115 Å². The molecular weight excluding hydrogens is 897 g/mol. The number of carbonyl (C=O) groups excluding carboxylic acids is 2. The maximum absolute atomic E-state index is 15.3. The predicted octanol–water partition coefficient (Wildman–Crippen LogP) is 9.78. The second kappa shape index (κ2) is 20.9. The summed E-state index contributed by atoms with van der Waals surface area (Å²) in [7, 11) is 1.51. The van der Waals surface area contributed by atoms with Crippen LogP contribution in [0.25, 0.3) is 11.0 Å². The van der Waals surface area contributed by atoms with Crippen molar-refractivity contribution in [3.8, 4) is 5.75 Å². The molecule has 11 nitrogen and oxygen atoms in total. The molecule has 1 fully saturated rings. The molecule has 3 N–H and O–H groups in total. The fraction of sp³-hybridized carbons (Fsp3) is 0.417. The van der Waals surface area contributed by atoms with Crippen LogP contribution in [-0.4, -0.2) is 65.9 Å². The molecule has 0 saturated heterocycles. The molecule has 1 aromatic heterocycles. The highest BCUT2D eigenvalue weighted by Gasteiger charge is 2.61. The van der Waals surface area contributed by atoms with Crippen LogP contribution in [0, 0.1) is 17.8 Å². The van der Waals surface area contributed by atoms with E-state index < -0.39 is 47.9 Å². The lowest BCUT2D eigenvalue weighted by Gasteiger charge is -2.52. The Morgan fingerprint density at radius 3 is 2.45 bits per heavy atom. The smallest absolute Gasteiger partial charge is 0.340 e. The zero-order valence-corrected chi connectivity index (χ0v) is 40.6. The highest BCUT2D eigenvalue weighted by atomic mass is 16.6. The van der Waals surface area contributed by atoms with Crippen molar-refractivity contribution >= 4 is 22.9 Å². The number of methoxy groups -OCH3 is 1. The van der Waals surface area contributed by atoms with Crippen LogP contribution in [0.5, 0.6) is 5.75 Å². The standard InChI is InChI=1S/C60H64O11/c1-36(33-62)46-22-18-37-16-19-40(20-17-37)47-23-21-43(42-13-6-11-39(30-42)29-38-9-4-3-5-10-38)31-45(47)32-52(64)68-56-54-51(71-60(57(56)70-58(46)65)27-8-14-41-12-7-15-50(41)60)25-24-48-49(34-63)53(59(66)69-55(48)54)44(26-28-61)35-67-2/h3-6,8-11,13-14,16-17,19-21,23-25,30,41,43-45,47,50,56-57,61-63H,7,12,15,18,22,26-29,31-35H2,1-2H3/b46-36-/t41-,43-,44+,45-,47-,50-,56+,57-,60-/m0/s1. The van der Waals surface area contributed by atoms with Crippen molar-refractivity contribution in [1.82, 2.24) is 0 Å². The number of esters is 2. The predicted molar refractivity (Wildman–Crippen MR) is 269 cm³/mol. The van der Waals surface area contributed by atoms with Crippen LogP contribution in [0.3, 0.4) is 0 Å². The summed E-state index contributed by atoms with van der Waals surface area (Å²) in [6.45, 7) is 0.695. The molecule has 4 heterocycles. The van der Waals surface area contributed by atoms with Gasteiger partial charge in [0.2, 0.25) is 0 Å². The largest absolute Gasteiger partial charge is 0.482 e. The van der Waals surface area contributed by atoms with E-state index in [1.54, 1.807) is 19.1 Å². The van der Waals surface area contributed by atoms with Gasteiger partial charge < -0.3 is 38.7 Å². The normalized spacial score (nSPS) is 27.3. The molecule has 0 amide bonds. The summed E-state index contributed by atoms with van der Waals surface area (Å²) >= 11 is 0. The molecule has 3 aliphatic heterocycles. The molecule has 1 spiro atoms. The SMILES string of the molecule is COC[C@@H](CCO)c1c(CO)c2ccc3c(c2oc1=O)[C@H]1OC(=O)C[C@@H]2C[C@@H](c4cccc(Cc5ccccc5)c4)C=C[C@H]2c2ccc(cc2)CC/C(=C(\C)CO)C(=O)O[C@@H]1[C@@]1(CC=C[C@@H]2CCC[C@@H]21)O3. The number of fused-ring (bicyclic) bond motifs is 13. The zero-order valence-electron chi connectivity index (χ0n) is 40.6. The van der Waals surface area contributed by atoms with Crippen LogP contribution < -0.4 is 10.4 Å². The number of hydrogen-bond acceptors (Lipinski definition) is 11. The molecule has 11 rings (SSSR count). The van der Waals surface area contributed by atoms with Crippen molar-refractivity contribution in [2.75, 3.05) is 26.9 Å². The van der Waals surface area contributed by atoms with Crippen molar-refractivity contribution < 1.29 is 48.3 Å². The van der Waals surface area contributed by atoms with Gasteiger partial charge in [0.25, 0.3) is 0 Å². The summed E-state index contributed by atoms with van der Waals surface area (Å²) in [4.78, 5) is 44.7. The first-order valence-electron chi connectivity index (χ1n) is 25.4. The van der Waals surface area contributed by atoms with Crippen LogP contribution in [-0.2, 0) is 43.2 Å². The highest BCUT2D eigenvalue weighted by molar-refractivity contribution is 5.90. The van der Waals surface area contributed by atoms with E-state index in [1.165, 1.54) is 23.8 Å². The lowest BCUT2D eigenvalue weighted by molar-refractivity contribution is -0.205. The molecule has 6 aliphatic rings. The van der Waals surface area contributed by atoms with E-state index in [0.717, 1.165) is 36.8 Å². The van der Waals surface area contributed by atoms with E-state index >= 15 is 9.59 Å². The van der Waals surface area contributed by atoms with Crippen LogP contribution in [0.2, 0.25) is 0 Å². The summed E-state index contributed by atoms with van der Waals surface area (Å²) in [5.41, 5.74) is 5.32. The third kappa shape index (κ3) is 9.45. The van der Waals surface area contributed by atoms with Gasteiger partial charge in [-0.3, -0.25) is 4.79 Å². The molecule has 5 aromatic rings. The van der Waals surface area contributed by atoms with E-state index in [1.807, 2.05) is 6.07 Å². The number of aliphatic hydroxyl groups excluding tert-OH is 3. The summed E-state index contributed by atoms with van der Waals surface area (Å²) in [6, 6.07) is 31.0. The van der Waals surface area contributed by atoms with Gasteiger partial charge in [0.05, 0.1) is 25.4 Å². The topological polar surface area (TPSA) is 162 Å². The number of aliphatic hydroxyl groups is 3. The number of carbonyl (C=O) groups is 2. The van der Waals surface area contributed by atoms with Gasteiger partial charge in [0, 0.05) is 66.8 Å². The Balaban J connectivity index is 1.12. The van der Waals surface area contributed by atoms with E-state index in [4.69, 9.17) is 23.4 Å². The molecule has 0 unspecified atom stereocenters. The van der Waals surface area contributed by atoms with Crippen LogP contribution in [0.1, 0.15) is 127 Å². The fourth-order valence-electron chi connectivity index (χ4n) is 12.7. The molecule has 71 heavy (non-hydrogen) atoms. The van der Waals surface area contributed by atoms with Gasteiger partial charge in [-0.1, -0.05) is 110 Å². The average Bonchev–Trinajstić information content (AvgIpc) is 3.88. The number of allylic oxidation sites excluding steroid dienone is 3. The number of aryl methyl sites for hydroxylation is 1. The average molecular weight is 961 g/mol. The molecule has 1 saturated carbocycles. The summed E-state index contributed by atoms with van der Waals surface area (Å²) < 4.78 is 32.8. The monoisotopic (exact) mass is 960 g/mol. The molecule has 0 radical (unpaired) electrons. The van der Waals surface area contributed by atoms with E-state index in [-0.39, 0.29) is 85.4 Å².